The van der Waals surface area contributed by atoms with Gasteiger partial charge in [0.2, 0.25) is 0 Å². The molecular formula is C19H23N3O4. The molecule has 7 heteroatoms. The van der Waals surface area contributed by atoms with Gasteiger partial charge in [-0.1, -0.05) is 18.2 Å². The van der Waals surface area contributed by atoms with Gasteiger partial charge in [-0.05, 0) is 37.8 Å². The molecule has 138 valence electrons. The maximum atomic E-state index is 13.1. The van der Waals surface area contributed by atoms with E-state index < -0.39 is 11.7 Å². The molecular weight excluding hydrogens is 334 g/mol. The van der Waals surface area contributed by atoms with Crippen molar-refractivity contribution in [3.63, 3.8) is 0 Å². The predicted octanol–water partition coefficient (Wildman–Crippen LogP) is 1.31. The molecule has 3 atom stereocenters. The van der Waals surface area contributed by atoms with Gasteiger partial charge >= 0.3 is 0 Å². The van der Waals surface area contributed by atoms with E-state index in [-0.39, 0.29) is 23.2 Å². The number of hydrogen-bond donors (Lipinski definition) is 2. The summed E-state index contributed by atoms with van der Waals surface area (Å²) < 4.78 is 7.15. The molecule has 0 unspecified atom stereocenters. The SMILES string of the molecule is CO[C@]12CC[C@H](O)C[C@H]1N(C(=O)c1cc(=O)n(-c3ccccc3)[nH]1)CC2. The summed E-state index contributed by atoms with van der Waals surface area (Å²) in [4.78, 5) is 27.1. The largest absolute Gasteiger partial charge is 0.393 e. The van der Waals surface area contributed by atoms with Gasteiger partial charge in [-0.15, -0.1) is 0 Å². The molecule has 1 aromatic heterocycles. The van der Waals surface area contributed by atoms with Crippen LogP contribution in [0.2, 0.25) is 0 Å². The first-order chi connectivity index (χ1) is 12.5. The third kappa shape index (κ3) is 2.68. The summed E-state index contributed by atoms with van der Waals surface area (Å²) in [7, 11) is 1.67. The van der Waals surface area contributed by atoms with Crippen LogP contribution in [0.1, 0.15) is 36.2 Å². The Hall–Kier alpha value is -2.38. The van der Waals surface area contributed by atoms with E-state index in [4.69, 9.17) is 4.74 Å². The van der Waals surface area contributed by atoms with E-state index in [2.05, 4.69) is 5.10 Å². The van der Waals surface area contributed by atoms with Crippen molar-refractivity contribution in [1.82, 2.24) is 14.7 Å². The van der Waals surface area contributed by atoms with Crippen molar-refractivity contribution in [2.75, 3.05) is 13.7 Å². The van der Waals surface area contributed by atoms with Crippen LogP contribution >= 0.6 is 0 Å². The quantitative estimate of drug-likeness (QED) is 0.867. The van der Waals surface area contributed by atoms with Gasteiger partial charge in [0.15, 0.2) is 0 Å². The Balaban J connectivity index is 1.63. The van der Waals surface area contributed by atoms with Gasteiger partial charge in [0, 0.05) is 19.7 Å². The predicted molar refractivity (Wildman–Crippen MR) is 95.4 cm³/mol. The first kappa shape index (κ1) is 17.1. The van der Waals surface area contributed by atoms with Crippen LogP contribution in [0.5, 0.6) is 0 Å². The molecule has 1 saturated carbocycles. The number of carbonyl (C=O) groups excluding carboxylic acids is 1. The molecule has 1 saturated heterocycles. The fourth-order valence-corrected chi connectivity index (χ4v) is 4.35. The number of aromatic amines is 1. The Bertz CT molecular complexity index is 859. The number of hydrogen-bond acceptors (Lipinski definition) is 4. The number of aromatic nitrogens is 2. The van der Waals surface area contributed by atoms with Crippen LogP contribution in [0.4, 0.5) is 0 Å². The molecule has 1 aromatic carbocycles. The van der Waals surface area contributed by atoms with Gasteiger partial charge in [-0.3, -0.25) is 14.7 Å². The molecule has 2 aliphatic rings. The number of aliphatic hydroxyl groups is 1. The first-order valence-electron chi connectivity index (χ1n) is 8.96. The summed E-state index contributed by atoms with van der Waals surface area (Å²) >= 11 is 0. The standard InChI is InChI=1S/C19H23N3O4/c1-26-19-8-7-14(23)11-16(19)21(10-9-19)18(25)15-12-17(24)22(20-15)13-5-3-2-4-6-13/h2-6,12,14,16,20,23H,7-11H2,1H3/t14-,16+,19-/m0/s1. The third-order valence-corrected chi connectivity index (χ3v) is 5.79. The highest BCUT2D eigenvalue weighted by Crippen LogP contribution is 2.42. The Labute approximate surface area is 151 Å². The Morgan fingerprint density at radius 1 is 1.31 bits per heavy atom. The van der Waals surface area contributed by atoms with Crippen LogP contribution in [-0.2, 0) is 4.74 Å². The fraction of sp³-hybridized carbons (Fsp3) is 0.474. The maximum Gasteiger partial charge on any atom is 0.272 e. The van der Waals surface area contributed by atoms with Crippen LogP contribution in [0.15, 0.2) is 41.2 Å². The van der Waals surface area contributed by atoms with Crippen molar-refractivity contribution >= 4 is 5.91 Å². The van der Waals surface area contributed by atoms with Crippen molar-refractivity contribution in [3.8, 4) is 5.69 Å². The lowest BCUT2D eigenvalue weighted by Crippen LogP contribution is -2.52. The number of benzene rings is 1. The monoisotopic (exact) mass is 357 g/mol. The van der Waals surface area contributed by atoms with Crippen LogP contribution in [0.25, 0.3) is 5.69 Å². The minimum atomic E-state index is -0.426. The summed E-state index contributed by atoms with van der Waals surface area (Å²) in [5.74, 6) is -0.227. The van der Waals surface area contributed by atoms with Crippen molar-refractivity contribution in [1.29, 1.82) is 0 Å². The van der Waals surface area contributed by atoms with Crippen molar-refractivity contribution in [2.45, 2.75) is 43.4 Å². The number of methoxy groups -OCH3 is 1. The zero-order valence-electron chi connectivity index (χ0n) is 14.7. The summed E-state index contributed by atoms with van der Waals surface area (Å²) in [6.07, 6.45) is 2.25. The van der Waals surface area contributed by atoms with Gasteiger partial charge in [0.1, 0.15) is 5.69 Å². The van der Waals surface area contributed by atoms with E-state index in [0.29, 0.717) is 25.1 Å². The fourth-order valence-electron chi connectivity index (χ4n) is 4.35. The number of fused-ring (bicyclic) bond motifs is 1. The molecule has 1 amide bonds. The zero-order valence-corrected chi connectivity index (χ0v) is 14.7. The van der Waals surface area contributed by atoms with E-state index >= 15 is 0 Å². The summed E-state index contributed by atoms with van der Waals surface area (Å²) in [5, 5.41) is 13.0. The lowest BCUT2D eigenvalue weighted by atomic mass is 9.79. The number of carbonyl (C=O) groups is 1. The van der Waals surface area contributed by atoms with Crippen molar-refractivity contribution in [2.24, 2.45) is 0 Å². The van der Waals surface area contributed by atoms with Gasteiger partial charge in [-0.2, -0.15) is 0 Å². The highest BCUT2D eigenvalue weighted by molar-refractivity contribution is 5.92. The first-order valence-corrected chi connectivity index (χ1v) is 8.96. The van der Waals surface area contributed by atoms with Crippen LogP contribution < -0.4 is 5.56 Å². The normalized spacial score (nSPS) is 28.2. The Morgan fingerprint density at radius 2 is 2.08 bits per heavy atom. The number of ether oxygens (including phenoxy) is 1. The number of H-pyrrole nitrogens is 1. The molecule has 0 spiro atoms. The number of rotatable bonds is 3. The van der Waals surface area contributed by atoms with E-state index in [9.17, 15) is 14.7 Å². The minimum absolute atomic E-state index is 0.174. The average molecular weight is 357 g/mol. The molecule has 1 aliphatic carbocycles. The highest BCUT2D eigenvalue weighted by Gasteiger charge is 2.52. The molecule has 2 fully saturated rings. The third-order valence-electron chi connectivity index (χ3n) is 5.79. The molecule has 26 heavy (non-hydrogen) atoms. The van der Waals surface area contributed by atoms with E-state index in [1.807, 2.05) is 18.2 Å². The van der Waals surface area contributed by atoms with Crippen LogP contribution in [0, 0.1) is 0 Å². The number of para-hydroxylation sites is 1. The number of nitrogens with zero attached hydrogens (tertiary/aromatic N) is 2. The van der Waals surface area contributed by atoms with Crippen LogP contribution in [-0.4, -0.2) is 57.1 Å². The second kappa shape index (κ2) is 6.41. The number of nitrogens with one attached hydrogen (secondary N) is 1. The van der Waals surface area contributed by atoms with E-state index in [0.717, 1.165) is 12.8 Å². The van der Waals surface area contributed by atoms with E-state index in [1.165, 1.54) is 10.7 Å². The van der Waals surface area contributed by atoms with Crippen molar-refractivity contribution in [3.05, 3.63) is 52.4 Å². The second-order valence-electron chi connectivity index (χ2n) is 7.14. The molecule has 4 rings (SSSR count). The van der Waals surface area contributed by atoms with E-state index in [1.54, 1.807) is 24.1 Å². The smallest absolute Gasteiger partial charge is 0.272 e. The summed E-state index contributed by atoms with van der Waals surface area (Å²) in [6.45, 7) is 0.558. The lowest BCUT2D eigenvalue weighted by Gasteiger charge is -2.42. The topological polar surface area (TPSA) is 87.6 Å². The summed E-state index contributed by atoms with van der Waals surface area (Å²) in [5.41, 5.74) is 0.264. The Morgan fingerprint density at radius 3 is 2.81 bits per heavy atom. The number of likely N-dealkylation sites (tertiary alicyclic amines) is 1. The van der Waals surface area contributed by atoms with Crippen molar-refractivity contribution < 1.29 is 14.6 Å². The molecule has 1 aliphatic heterocycles. The Kier molecular flexibility index (Phi) is 4.20. The maximum absolute atomic E-state index is 13.1. The highest BCUT2D eigenvalue weighted by atomic mass is 16.5. The average Bonchev–Trinajstić information content (AvgIpc) is 3.23. The number of amides is 1. The molecule has 2 aromatic rings. The zero-order chi connectivity index (χ0) is 18.3. The van der Waals surface area contributed by atoms with Gasteiger partial charge in [-0.25, -0.2) is 4.68 Å². The summed E-state index contributed by atoms with van der Waals surface area (Å²) in [6, 6.07) is 10.3. The van der Waals surface area contributed by atoms with Gasteiger partial charge in [0.05, 0.1) is 23.4 Å². The second-order valence-corrected chi connectivity index (χ2v) is 7.14. The molecule has 2 heterocycles. The van der Waals surface area contributed by atoms with Gasteiger partial charge < -0.3 is 14.7 Å². The molecule has 0 bridgehead atoms. The minimum Gasteiger partial charge on any atom is -0.393 e. The molecule has 0 radical (unpaired) electrons. The lowest BCUT2D eigenvalue weighted by molar-refractivity contribution is -0.0824. The molecule has 2 N–H and O–H groups in total. The number of aliphatic hydroxyl groups excluding tert-OH is 1. The molecule has 7 nitrogen and oxygen atoms in total. The van der Waals surface area contributed by atoms with Crippen LogP contribution in [0.3, 0.4) is 0 Å². The van der Waals surface area contributed by atoms with Gasteiger partial charge in [0.25, 0.3) is 11.5 Å².